The van der Waals surface area contributed by atoms with Crippen molar-refractivity contribution >= 4 is 34.7 Å². The minimum atomic E-state index is -3.10. The molecule has 4 rings (SSSR count). The van der Waals surface area contributed by atoms with E-state index < -0.39 is 30.8 Å². The van der Waals surface area contributed by atoms with E-state index in [0.717, 1.165) is 16.0 Å². The van der Waals surface area contributed by atoms with Crippen LogP contribution >= 0.6 is 0 Å². The quantitative estimate of drug-likeness (QED) is 0.369. The largest absolute Gasteiger partial charge is 0.320 e. The fraction of sp³-hybridized carbons (Fsp3) is 0.231. The molecule has 1 fully saturated rings. The molecule has 0 aliphatic carbocycles. The number of alkyl halides is 2. The molecule has 1 aliphatic rings. The molecule has 0 radical (unpaired) electrons. The van der Waals surface area contributed by atoms with Crippen molar-refractivity contribution < 1.29 is 22.8 Å². The van der Waals surface area contributed by atoms with Gasteiger partial charge >= 0.3 is 0 Å². The first-order valence-electron chi connectivity index (χ1n) is 10.7. The maximum Gasteiger partial charge on any atom is 0.268 e. The third-order valence-corrected chi connectivity index (χ3v) is 5.71. The van der Waals surface area contributed by atoms with Gasteiger partial charge in [-0.25, -0.2) is 13.2 Å². The molecule has 2 aromatic carbocycles. The molecule has 1 amide bonds. The van der Waals surface area contributed by atoms with Crippen LogP contribution in [0.4, 0.5) is 13.2 Å². The van der Waals surface area contributed by atoms with Gasteiger partial charge in [0.2, 0.25) is 5.91 Å². The van der Waals surface area contributed by atoms with Crippen molar-refractivity contribution in [2.24, 2.45) is 0 Å². The Morgan fingerprint density at radius 2 is 1.79 bits per heavy atom. The summed E-state index contributed by atoms with van der Waals surface area (Å²) in [4.78, 5) is 30.5. The number of carbonyl (C=O) groups is 2. The Balaban J connectivity index is 1.50. The number of Topliss-reactive ketones (excluding diaryl/α,β-unsaturated/α-hetero) is 1. The Morgan fingerprint density at radius 1 is 1.09 bits per heavy atom. The Kier molecular flexibility index (Phi) is 6.46. The first-order chi connectivity index (χ1) is 16.3. The molecule has 172 valence electrons. The van der Waals surface area contributed by atoms with Crippen LogP contribution in [0.25, 0.3) is 23.1 Å². The van der Waals surface area contributed by atoms with Gasteiger partial charge < -0.3 is 4.90 Å². The predicted molar refractivity (Wildman–Crippen MR) is 121 cm³/mol. The highest BCUT2D eigenvalue weighted by Gasteiger charge is 2.47. The lowest BCUT2D eigenvalue weighted by molar-refractivity contribution is -0.132. The molecular formula is C26H20F3N3O2. The Bertz CT molecular complexity index is 1310. The van der Waals surface area contributed by atoms with Crippen LogP contribution in [0, 0.1) is 17.1 Å². The summed E-state index contributed by atoms with van der Waals surface area (Å²) in [6.07, 6.45) is 4.01. The van der Waals surface area contributed by atoms with Gasteiger partial charge in [0, 0.05) is 36.4 Å². The molecule has 1 aromatic heterocycles. The minimum absolute atomic E-state index is 0.173. The van der Waals surface area contributed by atoms with Crippen LogP contribution in [0.3, 0.4) is 0 Å². The van der Waals surface area contributed by atoms with Crippen LogP contribution in [0.1, 0.15) is 40.7 Å². The van der Waals surface area contributed by atoms with E-state index in [1.807, 2.05) is 18.2 Å². The summed E-state index contributed by atoms with van der Waals surface area (Å²) in [6, 6.07) is 13.5. The standard InChI is InChI=1S/C26H20F3N3O2/c27-19-6-3-17(4-7-19)1-2-18-5-8-23-22(13-18)21(11-12-31-23)24(33)9-10-25(34)32-16-26(28,29)14-20(32)15-30/h1-8,11-13,20H,9-10,14,16H2/b2-1+/t20-/m0/s1. The zero-order valence-corrected chi connectivity index (χ0v) is 18.0. The van der Waals surface area contributed by atoms with Crippen molar-refractivity contribution in [3.05, 3.63) is 77.2 Å². The fourth-order valence-electron chi connectivity index (χ4n) is 3.97. The highest BCUT2D eigenvalue weighted by atomic mass is 19.3. The SMILES string of the molecule is N#C[C@@H]1CC(F)(F)CN1C(=O)CCC(=O)c1ccnc2ccc(/C=C/c3ccc(F)cc3)cc12. The molecule has 0 saturated carbocycles. The number of aromatic nitrogens is 1. The number of amides is 1. The molecule has 3 aromatic rings. The fourth-order valence-corrected chi connectivity index (χ4v) is 3.97. The Hall–Kier alpha value is -3.99. The lowest BCUT2D eigenvalue weighted by Crippen LogP contribution is -2.36. The van der Waals surface area contributed by atoms with Crippen LogP contribution < -0.4 is 0 Å². The van der Waals surface area contributed by atoms with Gasteiger partial charge in [0.25, 0.3) is 5.92 Å². The number of halogens is 3. The summed E-state index contributed by atoms with van der Waals surface area (Å²) in [7, 11) is 0. The zero-order chi connectivity index (χ0) is 24.3. The number of ketones is 1. The summed E-state index contributed by atoms with van der Waals surface area (Å²) >= 11 is 0. The molecule has 1 atom stereocenters. The third kappa shape index (κ3) is 5.15. The van der Waals surface area contributed by atoms with E-state index in [9.17, 15) is 22.8 Å². The van der Waals surface area contributed by atoms with Crippen LogP contribution in [-0.2, 0) is 4.79 Å². The van der Waals surface area contributed by atoms with E-state index in [4.69, 9.17) is 5.26 Å². The first-order valence-corrected chi connectivity index (χ1v) is 10.7. The van der Waals surface area contributed by atoms with Crippen molar-refractivity contribution in [1.82, 2.24) is 9.88 Å². The maximum atomic E-state index is 13.6. The first kappa shape index (κ1) is 23.2. The highest BCUT2D eigenvalue weighted by Crippen LogP contribution is 2.32. The number of fused-ring (bicyclic) bond motifs is 1. The summed E-state index contributed by atoms with van der Waals surface area (Å²) in [5.74, 6) is -4.38. The van der Waals surface area contributed by atoms with Gasteiger partial charge in [-0.15, -0.1) is 0 Å². The Morgan fingerprint density at radius 3 is 2.53 bits per heavy atom. The van der Waals surface area contributed by atoms with Crippen molar-refractivity contribution in [1.29, 1.82) is 5.26 Å². The van der Waals surface area contributed by atoms with E-state index in [1.54, 1.807) is 36.4 Å². The topological polar surface area (TPSA) is 74.1 Å². The van der Waals surface area contributed by atoms with Gasteiger partial charge in [0.15, 0.2) is 5.78 Å². The zero-order valence-electron chi connectivity index (χ0n) is 18.0. The molecule has 1 aliphatic heterocycles. The predicted octanol–water partition coefficient (Wildman–Crippen LogP) is 5.27. The normalized spacial score (nSPS) is 17.2. The second kappa shape index (κ2) is 9.48. The van der Waals surface area contributed by atoms with E-state index in [0.29, 0.717) is 16.5 Å². The van der Waals surface area contributed by atoms with Gasteiger partial charge in [0.05, 0.1) is 18.1 Å². The van der Waals surface area contributed by atoms with Gasteiger partial charge in [-0.05, 0) is 41.5 Å². The molecule has 0 N–H and O–H groups in total. The Labute approximate surface area is 194 Å². The van der Waals surface area contributed by atoms with Gasteiger partial charge in [0.1, 0.15) is 11.9 Å². The van der Waals surface area contributed by atoms with E-state index in [2.05, 4.69) is 4.98 Å². The lowest BCUT2D eigenvalue weighted by atomic mass is 10.00. The smallest absolute Gasteiger partial charge is 0.268 e. The number of hydrogen-bond acceptors (Lipinski definition) is 4. The lowest BCUT2D eigenvalue weighted by Gasteiger charge is -2.18. The van der Waals surface area contributed by atoms with Crippen LogP contribution in [0.15, 0.2) is 54.7 Å². The molecule has 1 saturated heterocycles. The van der Waals surface area contributed by atoms with E-state index >= 15 is 0 Å². The average Bonchev–Trinajstić information content (AvgIpc) is 3.16. The molecule has 0 unspecified atom stereocenters. The van der Waals surface area contributed by atoms with Crippen LogP contribution in [0.2, 0.25) is 0 Å². The van der Waals surface area contributed by atoms with E-state index in [-0.39, 0.29) is 24.4 Å². The molecule has 0 bridgehead atoms. The second-order valence-corrected chi connectivity index (χ2v) is 8.17. The third-order valence-electron chi connectivity index (χ3n) is 5.71. The van der Waals surface area contributed by atoms with Gasteiger partial charge in [-0.2, -0.15) is 5.26 Å². The summed E-state index contributed by atoms with van der Waals surface area (Å²) in [5.41, 5.74) is 2.58. The van der Waals surface area contributed by atoms with Crippen LogP contribution in [0.5, 0.6) is 0 Å². The number of likely N-dealkylation sites (tertiary alicyclic amines) is 1. The number of pyridine rings is 1. The number of rotatable bonds is 6. The van der Waals surface area contributed by atoms with Crippen molar-refractivity contribution in [2.75, 3.05) is 6.54 Å². The molecule has 5 nitrogen and oxygen atoms in total. The molecular weight excluding hydrogens is 443 g/mol. The van der Waals surface area contributed by atoms with Gasteiger partial charge in [-0.3, -0.25) is 14.6 Å². The number of hydrogen-bond donors (Lipinski definition) is 0. The second-order valence-electron chi connectivity index (χ2n) is 8.17. The number of nitrogens with zero attached hydrogens (tertiary/aromatic N) is 3. The van der Waals surface area contributed by atoms with Crippen molar-refractivity contribution in [3.63, 3.8) is 0 Å². The minimum Gasteiger partial charge on any atom is -0.320 e. The molecule has 8 heteroatoms. The molecule has 34 heavy (non-hydrogen) atoms. The average molecular weight is 463 g/mol. The summed E-state index contributed by atoms with van der Waals surface area (Å²) in [5, 5.41) is 9.67. The highest BCUT2D eigenvalue weighted by molar-refractivity contribution is 6.08. The summed E-state index contributed by atoms with van der Waals surface area (Å²) in [6.45, 7) is -0.805. The molecule has 0 spiro atoms. The van der Waals surface area contributed by atoms with E-state index in [1.165, 1.54) is 18.3 Å². The monoisotopic (exact) mass is 463 g/mol. The van der Waals surface area contributed by atoms with Crippen molar-refractivity contribution in [3.8, 4) is 6.07 Å². The number of nitriles is 1. The maximum absolute atomic E-state index is 13.6. The molecule has 2 heterocycles. The van der Waals surface area contributed by atoms with Crippen LogP contribution in [-0.4, -0.2) is 40.1 Å². The number of carbonyl (C=O) groups excluding carboxylic acids is 2. The summed E-state index contributed by atoms with van der Waals surface area (Å²) < 4.78 is 40.3. The van der Waals surface area contributed by atoms with Crippen molar-refractivity contribution in [2.45, 2.75) is 31.2 Å². The van der Waals surface area contributed by atoms with Gasteiger partial charge in [-0.1, -0.05) is 30.4 Å². The number of benzene rings is 2.